The third-order valence-electron chi connectivity index (χ3n) is 3.31. The summed E-state index contributed by atoms with van der Waals surface area (Å²) in [7, 11) is 0. The molecule has 7 heteroatoms. The number of likely N-dealkylation sites (tertiary alicyclic amines) is 1. The van der Waals surface area contributed by atoms with Crippen LogP contribution in [-0.4, -0.2) is 51.9 Å². The van der Waals surface area contributed by atoms with Gasteiger partial charge in [0.1, 0.15) is 0 Å². The summed E-state index contributed by atoms with van der Waals surface area (Å²) in [5.74, 6) is -1.31. The topological polar surface area (TPSA) is 55.7 Å². The van der Waals surface area contributed by atoms with Crippen LogP contribution >= 0.6 is 12.2 Å². The maximum atomic E-state index is 12.8. The Labute approximate surface area is 121 Å². The predicted molar refractivity (Wildman–Crippen MR) is 75.7 cm³/mol. The molecule has 0 unspecified atom stereocenters. The van der Waals surface area contributed by atoms with Gasteiger partial charge in [-0.25, -0.2) is 8.78 Å². The lowest BCUT2D eigenvalue weighted by molar-refractivity contribution is -0.103. The van der Waals surface area contributed by atoms with Crippen molar-refractivity contribution in [3.8, 4) is 0 Å². The second-order valence-corrected chi connectivity index (χ2v) is 5.14. The van der Waals surface area contributed by atoms with Crippen LogP contribution in [0.25, 0.3) is 0 Å². The number of anilines is 1. The fourth-order valence-corrected chi connectivity index (χ4v) is 2.44. The minimum absolute atomic E-state index is 0.0308. The number of aliphatic hydroxyl groups is 2. The first-order chi connectivity index (χ1) is 9.49. The van der Waals surface area contributed by atoms with Gasteiger partial charge in [0, 0.05) is 18.8 Å². The molecule has 0 spiro atoms. The van der Waals surface area contributed by atoms with Crippen LogP contribution in [0.15, 0.2) is 30.3 Å². The average molecular weight is 302 g/mol. The average Bonchev–Trinajstić information content (AvgIpc) is 2.42. The first-order valence-electron chi connectivity index (χ1n) is 6.24. The number of hydrogen-bond acceptors (Lipinski definition) is 3. The van der Waals surface area contributed by atoms with Crippen LogP contribution in [0.5, 0.6) is 0 Å². The van der Waals surface area contributed by atoms with E-state index in [0.717, 1.165) is 5.69 Å². The van der Waals surface area contributed by atoms with Crippen molar-refractivity contribution in [3.63, 3.8) is 0 Å². The van der Waals surface area contributed by atoms with Crippen molar-refractivity contribution in [1.82, 2.24) is 4.90 Å². The lowest BCUT2D eigenvalue weighted by Crippen LogP contribution is -2.56. The maximum Gasteiger partial charge on any atom is 0.245 e. The molecule has 3 N–H and O–H groups in total. The smallest absolute Gasteiger partial charge is 0.245 e. The van der Waals surface area contributed by atoms with Crippen molar-refractivity contribution >= 4 is 23.0 Å². The Balaban J connectivity index is 2.03. The van der Waals surface area contributed by atoms with Crippen LogP contribution in [0.3, 0.4) is 0 Å². The van der Waals surface area contributed by atoms with Crippen molar-refractivity contribution in [2.75, 3.05) is 18.4 Å². The van der Waals surface area contributed by atoms with E-state index in [4.69, 9.17) is 12.2 Å². The number of nitrogens with zero attached hydrogens (tertiary/aromatic N) is 1. The van der Waals surface area contributed by atoms with Crippen LogP contribution in [0.4, 0.5) is 14.5 Å². The predicted octanol–water partition coefficient (Wildman–Crippen LogP) is 1.30. The number of benzene rings is 1. The first kappa shape index (κ1) is 15.1. The van der Waals surface area contributed by atoms with Crippen LogP contribution in [-0.2, 0) is 0 Å². The van der Waals surface area contributed by atoms with E-state index in [2.05, 4.69) is 5.32 Å². The van der Waals surface area contributed by atoms with Crippen molar-refractivity contribution < 1.29 is 19.0 Å². The third kappa shape index (κ3) is 3.41. The molecular formula is C13H16F2N2O2S. The Morgan fingerprint density at radius 1 is 1.25 bits per heavy atom. The number of hydrogen-bond donors (Lipinski definition) is 3. The minimum Gasteiger partial charge on any atom is -0.390 e. The standard InChI is InChI=1S/C13H16F2N2O2S/c14-12(15)9-6-17(7-10(18)11(9)19)13(20)16-8-4-2-1-3-5-8/h1-5,9-12,18-19H,6-7H2,(H,16,20)/t9-,10+,11+/m0/s1. The van der Waals surface area contributed by atoms with Crippen LogP contribution in [0.1, 0.15) is 0 Å². The van der Waals surface area contributed by atoms with Crippen molar-refractivity contribution in [3.05, 3.63) is 30.3 Å². The normalized spacial score (nSPS) is 26.6. The Morgan fingerprint density at radius 3 is 2.50 bits per heavy atom. The molecule has 110 valence electrons. The van der Waals surface area contributed by atoms with Crippen LogP contribution < -0.4 is 5.32 Å². The minimum atomic E-state index is -2.71. The Kier molecular flexibility index (Phi) is 4.85. The van der Waals surface area contributed by atoms with Crippen molar-refractivity contribution in [2.45, 2.75) is 18.6 Å². The molecular weight excluding hydrogens is 286 g/mol. The lowest BCUT2D eigenvalue weighted by atomic mass is 9.93. The maximum absolute atomic E-state index is 12.8. The quantitative estimate of drug-likeness (QED) is 0.719. The summed E-state index contributed by atoms with van der Waals surface area (Å²) in [4.78, 5) is 1.45. The molecule has 2 rings (SSSR count). The van der Waals surface area contributed by atoms with E-state index >= 15 is 0 Å². The van der Waals surface area contributed by atoms with Gasteiger partial charge in [-0.1, -0.05) is 18.2 Å². The van der Waals surface area contributed by atoms with Gasteiger partial charge in [-0.05, 0) is 24.4 Å². The van der Waals surface area contributed by atoms with E-state index < -0.39 is 24.6 Å². The number of β-amino-alcohol motifs (C(OH)–C–C–N with tert-alkyl or cyclic N) is 1. The number of alkyl halides is 2. The number of thiocarbonyl (C=S) groups is 1. The Bertz CT molecular complexity index is 461. The SMILES string of the molecule is O[C@H]1[C@H](O)CN(C(=S)Nc2ccccc2)C[C@@H]1C(F)F. The molecule has 1 heterocycles. The first-order valence-corrected chi connectivity index (χ1v) is 6.65. The van der Waals surface area contributed by atoms with Gasteiger partial charge >= 0.3 is 0 Å². The fraction of sp³-hybridized carbons (Fsp3) is 0.462. The highest BCUT2D eigenvalue weighted by Gasteiger charge is 2.40. The van der Waals surface area contributed by atoms with E-state index in [1.54, 1.807) is 12.1 Å². The number of nitrogens with one attached hydrogen (secondary N) is 1. The van der Waals surface area contributed by atoms with E-state index in [1.807, 2.05) is 18.2 Å². The molecule has 20 heavy (non-hydrogen) atoms. The van der Waals surface area contributed by atoms with Crippen molar-refractivity contribution in [2.24, 2.45) is 5.92 Å². The molecule has 3 atom stereocenters. The monoisotopic (exact) mass is 302 g/mol. The molecule has 0 aliphatic carbocycles. The van der Waals surface area contributed by atoms with Gasteiger partial charge in [-0.15, -0.1) is 0 Å². The number of para-hydroxylation sites is 1. The summed E-state index contributed by atoms with van der Waals surface area (Å²) in [6.45, 7) is -0.0579. The molecule has 0 radical (unpaired) electrons. The van der Waals surface area contributed by atoms with Gasteiger partial charge in [0.2, 0.25) is 6.43 Å². The summed E-state index contributed by atoms with van der Waals surface area (Å²) >= 11 is 5.16. The van der Waals surface area contributed by atoms with Gasteiger partial charge < -0.3 is 20.4 Å². The molecule has 0 aromatic heterocycles. The number of aliphatic hydroxyl groups excluding tert-OH is 2. The molecule has 4 nitrogen and oxygen atoms in total. The highest BCUT2D eigenvalue weighted by molar-refractivity contribution is 7.80. The Hall–Kier alpha value is -1.31. The molecule has 1 aliphatic rings. The van der Waals surface area contributed by atoms with Gasteiger partial charge in [-0.3, -0.25) is 0 Å². The summed E-state index contributed by atoms with van der Waals surface area (Å²) in [6, 6.07) is 9.09. The molecule has 0 bridgehead atoms. The summed E-state index contributed by atoms with van der Waals surface area (Å²) < 4.78 is 25.7. The van der Waals surface area contributed by atoms with E-state index in [9.17, 15) is 19.0 Å². The van der Waals surface area contributed by atoms with E-state index in [1.165, 1.54) is 4.90 Å². The Morgan fingerprint density at radius 2 is 1.90 bits per heavy atom. The van der Waals surface area contributed by atoms with Crippen molar-refractivity contribution in [1.29, 1.82) is 0 Å². The van der Waals surface area contributed by atoms with E-state index in [-0.39, 0.29) is 18.2 Å². The molecule has 1 fully saturated rings. The molecule has 0 amide bonds. The fourth-order valence-electron chi connectivity index (χ4n) is 2.17. The molecule has 0 saturated carbocycles. The third-order valence-corrected chi connectivity index (χ3v) is 3.67. The summed E-state index contributed by atoms with van der Waals surface area (Å²) in [6.07, 6.45) is -5.37. The van der Waals surface area contributed by atoms with Gasteiger partial charge in [0.25, 0.3) is 0 Å². The zero-order chi connectivity index (χ0) is 14.7. The lowest BCUT2D eigenvalue weighted by Gasteiger charge is -2.40. The summed E-state index contributed by atoms with van der Waals surface area (Å²) in [5.41, 5.74) is 0.742. The van der Waals surface area contributed by atoms with Gasteiger partial charge in [0.15, 0.2) is 5.11 Å². The van der Waals surface area contributed by atoms with Crippen LogP contribution in [0, 0.1) is 5.92 Å². The molecule has 1 aromatic carbocycles. The van der Waals surface area contributed by atoms with Gasteiger partial charge in [-0.2, -0.15) is 0 Å². The zero-order valence-corrected chi connectivity index (χ0v) is 11.4. The number of halogens is 2. The zero-order valence-electron chi connectivity index (χ0n) is 10.6. The molecule has 1 saturated heterocycles. The highest BCUT2D eigenvalue weighted by Crippen LogP contribution is 2.24. The number of rotatable bonds is 2. The van der Waals surface area contributed by atoms with E-state index in [0.29, 0.717) is 0 Å². The molecule has 1 aliphatic heterocycles. The number of piperidine rings is 1. The summed E-state index contributed by atoms with van der Waals surface area (Å²) in [5, 5.41) is 22.4. The van der Waals surface area contributed by atoms with Crippen LogP contribution in [0.2, 0.25) is 0 Å². The second-order valence-electron chi connectivity index (χ2n) is 4.76. The largest absolute Gasteiger partial charge is 0.390 e. The van der Waals surface area contributed by atoms with Gasteiger partial charge in [0.05, 0.1) is 18.1 Å². The second kappa shape index (κ2) is 6.43. The molecule has 1 aromatic rings. The highest BCUT2D eigenvalue weighted by atomic mass is 32.1.